The van der Waals surface area contributed by atoms with Gasteiger partial charge >= 0.3 is 0 Å². The molecule has 0 saturated carbocycles. The first-order chi connectivity index (χ1) is 10.1. The minimum absolute atomic E-state index is 0.316. The summed E-state index contributed by atoms with van der Waals surface area (Å²) in [5.41, 5.74) is 1.75. The first-order valence-corrected chi connectivity index (χ1v) is 7.42. The van der Waals surface area contributed by atoms with E-state index in [0.29, 0.717) is 18.9 Å². The average Bonchev–Trinajstić information content (AvgIpc) is 2.47. The minimum Gasteiger partial charge on any atom is -0.496 e. The van der Waals surface area contributed by atoms with E-state index in [4.69, 9.17) is 9.47 Å². The van der Waals surface area contributed by atoms with Crippen molar-refractivity contribution in [3.63, 3.8) is 0 Å². The number of hydrogen-bond acceptors (Lipinski definition) is 3. The normalized spacial score (nSPS) is 10.3. The first-order valence-electron chi connectivity index (χ1n) is 6.62. The van der Waals surface area contributed by atoms with Crippen LogP contribution in [0.4, 0.5) is 10.1 Å². The Hall–Kier alpha value is -1.75. The van der Waals surface area contributed by atoms with Crippen LogP contribution in [0.15, 0.2) is 40.9 Å². The summed E-state index contributed by atoms with van der Waals surface area (Å²) in [7, 11) is 1.64. The van der Waals surface area contributed by atoms with Gasteiger partial charge in [0.1, 0.15) is 17.3 Å². The van der Waals surface area contributed by atoms with E-state index in [-0.39, 0.29) is 5.82 Å². The second-order valence-corrected chi connectivity index (χ2v) is 5.30. The van der Waals surface area contributed by atoms with Crippen molar-refractivity contribution >= 4 is 21.6 Å². The molecule has 0 radical (unpaired) electrons. The zero-order valence-electron chi connectivity index (χ0n) is 12.0. The van der Waals surface area contributed by atoms with Crippen molar-refractivity contribution in [3.05, 3.63) is 52.3 Å². The molecule has 3 nitrogen and oxygen atoms in total. The SMILES string of the molecule is CCOc1cc(F)ccc1NCc1cc(Br)ccc1OC. The van der Waals surface area contributed by atoms with E-state index in [1.807, 2.05) is 25.1 Å². The molecule has 2 rings (SSSR count). The molecule has 5 heteroatoms. The van der Waals surface area contributed by atoms with Gasteiger partial charge in [-0.05, 0) is 37.3 Å². The van der Waals surface area contributed by atoms with Crippen LogP contribution in [0.2, 0.25) is 0 Å². The zero-order chi connectivity index (χ0) is 15.2. The Balaban J connectivity index is 2.18. The molecule has 0 amide bonds. The van der Waals surface area contributed by atoms with Crippen LogP contribution in [0, 0.1) is 5.82 Å². The van der Waals surface area contributed by atoms with E-state index in [2.05, 4.69) is 21.2 Å². The van der Waals surface area contributed by atoms with Gasteiger partial charge in [0.2, 0.25) is 0 Å². The molecule has 2 aromatic carbocycles. The van der Waals surface area contributed by atoms with Gasteiger partial charge in [0.15, 0.2) is 0 Å². The molecule has 2 aromatic rings. The molecule has 0 unspecified atom stereocenters. The molecule has 0 aliphatic heterocycles. The fourth-order valence-electron chi connectivity index (χ4n) is 1.99. The number of anilines is 1. The lowest BCUT2D eigenvalue weighted by molar-refractivity contribution is 0.339. The summed E-state index contributed by atoms with van der Waals surface area (Å²) in [4.78, 5) is 0. The fraction of sp³-hybridized carbons (Fsp3) is 0.250. The van der Waals surface area contributed by atoms with Gasteiger partial charge in [-0.15, -0.1) is 0 Å². The maximum atomic E-state index is 13.3. The smallest absolute Gasteiger partial charge is 0.145 e. The standard InChI is InChI=1S/C16H17BrFNO2/c1-3-21-16-9-13(18)5-6-14(16)19-10-11-8-12(17)4-7-15(11)20-2/h4-9,19H,3,10H2,1-2H3. The third-order valence-electron chi connectivity index (χ3n) is 2.96. The summed E-state index contributed by atoms with van der Waals surface area (Å²) in [6, 6.07) is 10.3. The van der Waals surface area contributed by atoms with Crippen LogP contribution in [-0.2, 0) is 6.54 Å². The molecule has 0 bridgehead atoms. The van der Waals surface area contributed by atoms with Gasteiger partial charge in [-0.1, -0.05) is 15.9 Å². The Labute approximate surface area is 132 Å². The molecule has 0 fully saturated rings. The molecule has 0 atom stereocenters. The van der Waals surface area contributed by atoms with Crippen LogP contribution in [0.5, 0.6) is 11.5 Å². The molecule has 0 aromatic heterocycles. The molecule has 112 valence electrons. The molecular formula is C16H17BrFNO2. The Morgan fingerprint density at radius 3 is 2.67 bits per heavy atom. The van der Waals surface area contributed by atoms with Gasteiger partial charge in [0, 0.05) is 22.6 Å². The van der Waals surface area contributed by atoms with Crippen LogP contribution in [0.3, 0.4) is 0 Å². The largest absolute Gasteiger partial charge is 0.496 e. The number of rotatable bonds is 6. The molecule has 0 spiro atoms. The maximum Gasteiger partial charge on any atom is 0.145 e. The zero-order valence-corrected chi connectivity index (χ0v) is 13.5. The second kappa shape index (κ2) is 7.31. The summed E-state index contributed by atoms with van der Waals surface area (Å²) in [5.74, 6) is 0.987. The van der Waals surface area contributed by atoms with Gasteiger partial charge in [0.25, 0.3) is 0 Å². The lowest BCUT2D eigenvalue weighted by atomic mass is 10.2. The highest BCUT2D eigenvalue weighted by Crippen LogP contribution is 2.28. The van der Waals surface area contributed by atoms with Crippen molar-refractivity contribution in [2.24, 2.45) is 0 Å². The maximum absolute atomic E-state index is 13.3. The van der Waals surface area contributed by atoms with Crippen LogP contribution in [0.1, 0.15) is 12.5 Å². The van der Waals surface area contributed by atoms with Crippen LogP contribution < -0.4 is 14.8 Å². The van der Waals surface area contributed by atoms with E-state index in [9.17, 15) is 4.39 Å². The van der Waals surface area contributed by atoms with Crippen molar-refractivity contribution < 1.29 is 13.9 Å². The van der Waals surface area contributed by atoms with Gasteiger partial charge in [-0.2, -0.15) is 0 Å². The molecule has 0 aliphatic carbocycles. The Kier molecular flexibility index (Phi) is 5.44. The number of methoxy groups -OCH3 is 1. The summed E-state index contributed by atoms with van der Waals surface area (Å²) >= 11 is 3.44. The van der Waals surface area contributed by atoms with Crippen molar-refractivity contribution in [2.45, 2.75) is 13.5 Å². The molecule has 21 heavy (non-hydrogen) atoms. The highest BCUT2D eigenvalue weighted by atomic mass is 79.9. The van der Waals surface area contributed by atoms with Crippen molar-refractivity contribution in [1.29, 1.82) is 0 Å². The van der Waals surface area contributed by atoms with E-state index in [1.54, 1.807) is 13.2 Å². The highest BCUT2D eigenvalue weighted by Gasteiger charge is 2.08. The van der Waals surface area contributed by atoms with E-state index in [1.165, 1.54) is 12.1 Å². The van der Waals surface area contributed by atoms with Gasteiger partial charge in [-0.25, -0.2) is 4.39 Å². The highest BCUT2D eigenvalue weighted by molar-refractivity contribution is 9.10. The Morgan fingerprint density at radius 1 is 1.14 bits per heavy atom. The number of nitrogens with one attached hydrogen (secondary N) is 1. The molecule has 0 heterocycles. The van der Waals surface area contributed by atoms with Gasteiger partial charge in [-0.3, -0.25) is 0 Å². The molecular weight excluding hydrogens is 337 g/mol. The lowest BCUT2D eigenvalue weighted by Crippen LogP contribution is -2.04. The molecule has 0 saturated heterocycles. The minimum atomic E-state index is -0.316. The predicted molar refractivity (Wildman–Crippen MR) is 85.6 cm³/mol. The summed E-state index contributed by atoms with van der Waals surface area (Å²) in [6.07, 6.45) is 0. The van der Waals surface area contributed by atoms with E-state index >= 15 is 0 Å². The van der Waals surface area contributed by atoms with Crippen LogP contribution in [-0.4, -0.2) is 13.7 Å². The Morgan fingerprint density at radius 2 is 1.95 bits per heavy atom. The average molecular weight is 354 g/mol. The molecule has 0 aliphatic rings. The fourth-order valence-corrected chi connectivity index (χ4v) is 2.40. The summed E-state index contributed by atoms with van der Waals surface area (Å²) < 4.78 is 25.0. The summed E-state index contributed by atoms with van der Waals surface area (Å²) in [6.45, 7) is 2.90. The van der Waals surface area contributed by atoms with Crippen molar-refractivity contribution in [3.8, 4) is 11.5 Å². The topological polar surface area (TPSA) is 30.5 Å². The third-order valence-corrected chi connectivity index (χ3v) is 3.45. The number of halogens is 2. The predicted octanol–water partition coefficient (Wildman–Crippen LogP) is 4.61. The van der Waals surface area contributed by atoms with Gasteiger partial charge in [0.05, 0.1) is 19.4 Å². The third kappa shape index (κ3) is 4.11. The number of hydrogen-bond donors (Lipinski definition) is 1. The number of ether oxygens (including phenoxy) is 2. The lowest BCUT2D eigenvalue weighted by Gasteiger charge is -2.14. The van der Waals surface area contributed by atoms with Crippen molar-refractivity contribution in [2.75, 3.05) is 19.0 Å². The quantitative estimate of drug-likeness (QED) is 0.822. The van der Waals surface area contributed by atoms with Gasteiger partial charge < -0.3 is 14.8 Å². The first kappa shape index (κ1) is 15.6. The van der Waals surface area contributed by atoms with E-state index < -0.39 is 0 Å². The second-order valence-electron chi connectivity index (χ2n) is 4.38. The van der Waals surface area contributed by atoms with E-state index in [0.717, 1.165) is 21.5 Å². The Bertz CT molecular complexity index is 619. The summed E-state index contributed by atoms with van der Waals surface area (Å²) in [5, 5.41) is 3.25. The van der Waals surface area contributed by atoms with Crippen LogP contribution in [0.25, 0.3) is 0 Å². The van der Waals surface area contributed by atoms with Crippen molar-refractivity contribution in [1.82, 2.24) is 0 Å². The monoisotopic (exact) mass is 353 g/mol. The van der Waals surface area contributed by atoms with Crippen LogP contribution >= 0.6 is 15.9 Å². The molecule has 1 N–H and O–H groups in total. The number of benzene rings is 2.